The van der Waals surface area contributed by atoms with Gasteiger partial charge in [-0.2, -0.15) is 0 Å². The van der Waals surface area contributed by atoms with Crippen LogP contribution < -0.4 is 0 Å². The summed E-state index contributed by atoms with van der Waals surface area (Å²) in [6.07, 6.45) is 0. The Hall–Kier alpha value is -1.55. The Morgan fingerprint density at radius 2 is 1.88 bits per heavy atom. The average Bonchev–Trinajstić information content (AvgIpc) is 2.35. The van der Waals surface area contributed by atoms with Crippen molar-refractivity contribution in [3.8, 4) is 0 Å². The van der Waals surface area contributed by atoms with E-state index in [2.05, 4.69) is 0 Å². The van der Waals surface area contributed by atoms with Crippen LogP contribution in [0.3, 0.4) is 0 Å². The molecule has 0 unspecified atom stereocenters. The van der Waals surface area contributed by atoms with Crippen molar-refractivity contribution in [2.75, 3.05) is 20.6 Å². The van der Waals surface area contributed by atoms with Crippen molar-refractivity contribution in [2.45, 2.75) is 13.5 Å². The number of carbonyl (C=O) groups excluding carboxylic acids is 1. The van der Waals surface area contributed by atoms with Crippen LogP contribution in [0, 0.1) is 0 Å². The molecule has 0 N–H and O–H groups in total. The summed E-state index contributed by atoms with van der Waals surface area (Å²) in [5, 5.41) is 1.26. The molecule has 4 heteroatoms. The van der Waals surface area contributed by atoms with Crippen LogP contribution >= 0.6 is 0 Å². The Kier molecular flexibility index (Phi) is 4.79. The van der Waals surface area contributed by atoms with Crippen molar-refractivity contribution in [3.63, 3.8) is 0 Å². The minimum absolute atomic E-state index is 0.140. The molecule has 0 atom stereocenters. The van der Waals surface area contributed by atoms with Crippen molar-refractivity contribution in [3.05, 3.63) is 35.9 Å². The maximum Gasteiger partial charge on any atom is 0.343 e. The molecule has 0 spiro atoms. The molecule has 0 aliphatic carbocycles. The SMILES string of the molecule is CCN(C)C(=O)N(C)OCc1ccccc1. The number of hydrogen-bond donors (Lipinski definition) is 0. The number of nitrogens with zero attached hydrogens (tertiary/aromatic N) is 2. The normalized spacial score (nSPS) is 9.94. The number of hydroxylamine groups is 2. The van der Waals surface area contributed by atoms with Gasteiger partial charge in [-0.25, -0.2) is 9.86 Å². The minimum Gasteiger partial charge on any atom is -0.326 e. The summed E-state index contributed by atoms with van der Waals surface area (Å²) in [5.74, 6) is 0. The van der Waals surface area contributed by atoms with Gasteiger partial charge in [0.1, 0.15) is 6.61 Å². The highest BCUT2D eigenvalue weighted by molar-refractivity contribution is 5.72. The lowest BCUT2D eigenvalue weighted by Crippen LogP contribution is -2.38. The van der Waals surface area contributed by atoms with Gasteiger partial charge in [0.25, 0.3) is 0 Å². The molecule has 0 aromatic heterocycles. The lowest BCUT2D eigenvalue weighted by molar-refractivity contribution is -0.116. The first-order valence-corrected chi connectivity index (χ1v) is 5.30. The summed E-state index contributed by atoms with van der Waals surface area (Å²) in [6.45, 7) is 2.99. The summed E-state index contributed by atoms with van der Waals surface area (Å²) >= 11 is 0. The van der Waals surface area contributed by atoms with Crippen LogP contribution in [0.2, 0.25) is 0 Å². The van der Waals surface area contributed by atoms with Crippen LogP contribution in [-0.4, -0.2) is 36.6 Å². The Balaban J connectivity index is 2.41. The molecule has 4 nitrogen and oxygen atoms in total. The molecule has 0 saturated heterocycles. The van der Waals surface area contributed by atoms with E-state index in [9.17, 15) is 4.79 Å². The molecular weight excluding hydrogens is 204 g/mol. The van der Waals surface area contributed by atoms with Gasteiger partial charge in [-0.3, -0.25) is 4.84 Å². The van der Waals surface area contributed by atoms with Crippen LogP contribution in [0.4, 0.5) is 4.79 Å². The molecule has 1 aromatic carbocycles. The monoisotopic (exact) mass is 222 g/mol. The van der Waals surface area contributed by atoms with Gasteiger partial charge in [-0.05, 0) is 12.5 Å². The molecule has 2 amide bonds. The summed E-state index contributed by atoms with van der Waals surface area (Å²) < 4.78 is 0. The zero-order chi connectivity index (χ0) is 12.0. The third kappa shape index (κ3) is 3.55. The fraction of sp³-hybridized carbons (Fsp3) is 0.417. The van der Waals surface area contributed by atoms with Crippen LogP contribution in [0.5, 0.6) is 0 Å². The molecule has 1 rings (SSSR count). The van der Waals surface area contributed by atoms with Crippen LogP contribution in [0.15, 0.2) is 30.3 Å². The second kappa shape index (κ2) is 6.12. The third-order valence-corrected chi connectivity index (χ3v) is 2.34. The molecule has 0 fully saturated rings. The molecular formula is C12H18N2O2. The Labute approximate surface area is 96.4 Å². The molecule has 0 saturated carbocycles. The number of amides is 2. The quantitative estimate of drug-likeness (QED) is 0.731. The van der Waals surface area contributed by atoms with Gasteiger partial charge in [0.05, 0.1) is 0 Å². The second-order valence-corrected chi connectivity index (χ2v) is 3.55. The van der Waals surface area contributed by atoms with Crippen molar-refractivity contribution in [2.24, 2.45) is 0 Å². The smallest absolute Gasteiger partial charge is 0.326 e. The summed E-state index contributed by atoms with van der Waals surface area (Å²) in [4.78, 5) is 18.6. The van der Waals surface area contributed by atoms with E-state index >= 15 is 0 Å². The first kappa shape index (κ1) is 12.5. The minimum atomic E-state index is -0.140. The van der Waals surface area contributed by atoms with E-state index < -0.39 is 0 Å². The first-order chi connectivity index (χ1) is 7.65. The predicted molar refractivity (Wildman–Crippen MR) is 62.7 cm³/mol. The van der Waals surface area contributed by atoms with Crippen LogP contribution in [0.25, 0.3) is 0 Å². The Morgan fingerprint density at radius 3 is 2.44 bits per heavy atom. The molecule has 16 heavy (non-hydrogen) atoms. The van der Waals surface area contributed by atoms with Gasteiger partial charge in [-0.15, -0.1) is 0 Å². The molecule has 0 bridgehead atoms. The molecule has 0 radical (unpaired) electrons. The van der Waals surface area contributed by atoms with E-state index in [-0.39, 0.29) is 6.03 Å². The second-order valence-electron chi connectivity index (χ2n) is 3.55. The highest BCUT2D eigenvalue weighted by Gasteiger charge is 2.12. The van der Waals surface area contributed by atoms with Crippen molar-refractivity contribution in [1.82, 2.24) is 9.96 Å². The number of hydrogen-bond acceptors (Lipinski definition) is 2. The Morgan fingerprint density at radius 1 is 1.25 bits per heavy atom. The molecule has 0 aliphatic rings. The fourth-order valence-electron chi connectivity index (χ4n) is 1.18. The zero-order valence-corrected chi connectivity index (χ0v) is 10.0. The Bertz CT molecular complexity index is 327. The third-order valence-electron chi connectivity index (χ3n) is 2.34. The van der Waals surface area contributed by atoms with Gasteiger partial charge in [0.2, 0.25) is 0 Å². The predicted octanol–water partition coefficient (Wildman–Crippen LogP) is 2.12. The summed E-state index contributed by atoms with van der Waals surface area (Å²) in [5.41, 5.74) is 1.04. The van der Waals surface area contributed by atoms with E-state index in [1.165, 1.54) is 5.06 Å². The van der Waals surface area contributed by atoms with E-state index in [0.717, 1.165) is 5.56 Å². The van der Waals surface area contributed by atoms with E-state index in [1.54, 1.807) is 19.0 Å². The topological polar surface area (TPSA) is 32.8 Å². The van der Waals surface area contributed by atoms with E-state index in [4.69, 9.17) is 4.84 Å². The highest BCUT2D eigenvalue weighted by atomic mass is 16.7. The number of carbonyl (C=O) groups is 1. The standard InChI is InChI=1S/C12H18N2O2/c1-4-13(2)12(15)14(3)16-10-11-8-6-5-7-9-11/h5-9H,4,10H2,1-3H3. The molecule has 0 aliphatic heterocycles. The van der Waals surface area contributed by atoms with Crippen molar-refractivity contribution in [1.29, 1.82) is 0 Å². The van der Waals surface area contributed by atoms with Crippen LogP contribution in [-0.2, 0) is 11.4 Å². The maximum atomic E-state index is 11.6. The van der Waals surface area contributed by atoms with Gasteiger partial charge in [0.15, 0.2) is 0 Å². The number of benzene rings is 1. The highest BCUT2D eigenvalue weighted by Crippen LogP contribution is 2.03. The molecule has 88 valence electrons. The van der Waals surface area contributed by atoms with Gasteiger partial charge >= 0.3 is 6.03 Å². The van der Waals surface area contributed by atoms with Gasteiger partial charge in [-0.1, -0.05) is 30.3 Å². The van der Waals surface area contributed by atoms with E-state index in [0.29, 0.717) is 13.2 Å². The van der Waals surface area contributed by atoms with Crippen LogP contribution in [0.1, 0.15) is 12.5 Å². The number of rotatable bonds is 4. The lowest BCUT2D eigenvalue weighted by Gasteiger charge is -2.22. The molecule has 0 heterocycles. The van der Waals surface area contributed by atoms with Crippen molar-refractivity contribution < 1.29 is 9.63 Å². The van der Waals surface area contributed by atoms with Gasteiger partial charge < -0.3 is 4.90 Å². The largest absolute Gasteiger partial charge is 0.343 e. The summed E-state index contributed by atoms with van der Waals surface area (Å²) in [6, 6.07) is 9.61. The van der Waals surface area contributed by atoms with Gasteiger partial charge in [0, 0.05) is 20.6 Å². The lowest BCUT2D eigenvalue weighted by atomic mass is 10.2. The zero-order valence-electron chi connectivity index (χ0n) is 10.0. The van der Waals surface area contributed by atoms with E-state index in [1.807, 2.05) is 37.3 Å². The maximum absolute atomic E-state index is 11.6. The first-order valence-electron chi connectivity index (χ1n) is 5.30. The van der Waals surface area contributed by atoms with Crippen molar-refractivity contribution >= 4 is 6.03 Å². The summed E-state index contributed by atoms with van der Waals surface area (Å²) in [7, 11) is 3.36. The average molecular weight is 222 g/mol. The number of urea groups is 1. The fourth-order valence-corrected chi connectivity index (χ4v) is 1.18. The molecule has 1 aromatic rings.